The maximum absolute atomic E-state index is 4.80. The zero-order chi connectivity index (χ0) is 13.8. The molecular formula is C16H27N3. The molecule has 3 nitrogen and oxygen atoms in total. The molecule has 0 aliphatic carbocycles. The molecule has 0 spiro atoms. The molecule has 19 heavy (non-hydrogen) atoms. The molecule has 0 radical (unpaired) electrons. The van der Waals surface area contributed by atoms with Gasteiger partial charge in [0.05, 0.1) is 0 Å². The van der Waals surface area contributed by atoms with Crippen molar-refractivity contribution < 1.29 is 0 Å². The van der Waals surface area contributed by atoms with Gasteiger partial charge in [-0.25, -0.2) is 4.98 Å². The zero-order valence-electron chi connectivity index (χ0n) is 12.8. The van der Waals surface area contributed by atoms with Crippen LogP contribution in [-0.4, -0.2) is 42.6 Å². The summed E-state index contributed by atoms with van der Waals surface area (Å²) in [5.74, 6) is 1.65. The fraction of sp³-hybridized carbons (Fsp3) is 0.688. The third-order valence-electron chi connectivity index (χ3n) is 4.03. The van der Waals surface area contributed by atoms with E-state index in [0.717, 1.165) is 18.9 Å². The maximum Gasteiger partial charge on any atom is 0.128 e. The van der Waals surface area contributed by atoms with Gasteiger partial charge in [0, 0.05) is 24.8 Å². The summed E-state index contributed by atoms with van der Waals surface area (Å²) >= 11 is 0. The van der Waals surface area contributed by atoms with E-state index in [9.17, 15) is 0 Å². The van der Waals surface area contributed by atoms with Crippen LogP contribution >= 0.6 is 0 Å². The van der Waals surface area contributed by atoms with Crippen molar-refractivity contribution in [1.82, 2.24) is 9.88 Å². The van der Waals surface area contributed by atoms with Gasteiger partial charge in [0.25, 0.3) is 0 Å². The molecule has 2 heterocycles. The molecule has 1 aliphatic rings. The van der Waals surface area contributed by atoms with Crippen molar-refractivity contribution in [3.8, 4) is 0 Å². The van der Waals surface area contributed by atoms with E-state index in [1.165, 1.54) is 25.1 Å². The first-order valence-corrected chi connectivity index (χ1v) is 7.54. The van der Waals surface area contributed by atoms with E-state index in [2.05, 4.69) is 55.8 Å². The molecule has 1 aliphatic heterocycles. The van der Waals surface area contributed by atoms with Crippen LogP contribution in [0, 0.1) is 0 Å². The van der Waals surface area contributed by atoms with Gasteiger partial charge in [-0.1, -0.05) is 26.8 Å². The van der Waals surface area contributed by atoms with Crippen molar-refractivity contribution in [2.24, 2.45) is 0 Å². The monoisotopic (exact) mass is 261 g/mol. The summed E-state index contributed by atoms with van der Waals surface area (Å²) in [7, 11) is 2.25. The Labute approximate surface area is 117 Å². The fourth-order valence-electron chi connectivity index (χ4n) is 2.78. The number of hydrogen-bond acceptors (Lipinski definition) is 3. The van der Waals surface area contributed by atoms with E-state index in [1.807, 2.05) is 0 Å². The first kappa shape index (κ1) is 14.3. The topological polar surface area (TPSA) is 19.4 Å². The van der Waals surface area contributed by atoms with Crippen molar-refractivity contribution in [2.45, 2.75) is 45.6 Å². The molecule has 1 atom stereocenters. The Morgan fingerprint density at radius 3 is 2.89 bits per heavy atom. The largest absolute Gasteiger partial charge is 0.355 e. The lowest BCUT2D eigenvalue weighted by Gasteiger charge is -2.24. The highest BCUT2D eigenvalue weighted by molar-refractivity contribution is 5.41. The summed E-state index contributed by atoms with van der Waals surface area (Å²) in [5, 5.41) is 0. The average molecular weight is 261 g/mol. The molecule has 1 aromatic heterocycles. The Kier molecular flexibility index (Phi) is 4.81. The molecule has 1 aromatic rings. The number of pyridine rings is 1. The van der Waals surface area contributed by atoms with Gasteiger partial charge in [0.1, 0.15) is 5.82 Å². The van der Waals surface area contributed by atoms with Gasteiger partial charge in [0.2, 0.25) is 0 Å². The van der Waals surface area contributed by atoms with Gasteiger partial charge in [-0.2, -0.15) is 0 Å². The van der Waals surface area contributed by atoms with Gasteiger partial charge in [-0.05, 0) is 44.5 Å². The van der Waals surface area contributed by atoms with E-state index in [-0.39, 0.29) is 0 Å². The van der Waals surface area contributed by atoms with Crippen LogP contribution in [0.2, 0.25) is 0 Å². The van der Waals surface area contributed by atoms with E-state index in [4.69, 9.17) is 4.98 Å². The van der Waals surface area contributed by atoms with Gasteiger partial charge >= 0.3 is 0 Å². The summed E-state index contributed by atoms with van der Waals surface area (Å²) < 4.78 is 0. The Hall–Kier alpha value is -1.09. The Balaban J connectivity index is 2.02. The Morgan fingerprint density at radius 2 is 2.21 bits per heavy atom. The standard InChI is InChI=1S/C16H27N3/c1-5-10-18(4)14-9-11-19(12-14)16-8-6-7-15(17-16)13(2)3/h6-8,13-14H,5,9-12H2,1-4H3. The van der Waals surface area contributed by atoms with Crippen LogP contribution in [0.3, 0.4) is 0 Å². The van der Waals surface area contributed by atoms with Crippen LogP contribution < -0.4 is 4.90 Å². The lowest BCUT2D eigenvalue weighted by atomic mass is 10.1. The highest BCUT2D eigenvalue weighted by atomic mass is 15.3. The molecule has 1 fully saturated rings. The molecule has 0 bridgehead atoms. The molecule has 2 rings (SSSR count). The summed E-state index contributed by atoms with van der Waals surface area (Å²) in [6, 6.07) is 7.10. The van der Waals surface area contributed by atoms with E-state index < -0.39 is 0 Å². The minimum atomic E-state index is 0.501. The number of rotatable bonds is 5. The van der Waals surface area contributed by atoms with Crippen molar-refractivity contribution in [2.75, 3.05) is 31.6 Å². The van der Waals surface area contributed by atoms with Crippen molar-refractivity contribution in [3.05, 3.63) is 23.9 Å². The van der Waals surface area contributed by atoms with Gasteiger partial charge in [-0.15, -0.1) is 0 Å². The third-order valence-corrected chi connectivity index (χ3v) is 4.03. The first-order chi connectivity index (χ1) is 9.11. The van der Waals surface area contributed by atoms with Crippen LogP contribution in [0.15, 0.2) is 18.2 Å². The number of likely N-dealkylation sites (N-methyl/N-ethyl adjacent to an activating group) is 1. The van der Waals surface area contributed by atoms with Gasteiger partial charge in [-0.3, -0.25) is 0 Å². The summed E-state index contributed by atoms with van der Waals surface area (Å²) in [6.45, 7) is 10.1. The van der Waals surface area contributed by atoms with Crippen molar-refractivity contribution >= 4 is 5.82 Å². The predicted molar refractivity (Wildman–Crippen MR) is 81.9 cm³/mol. The Bertz CT molecular complexity index is 403. The second-order valence-electron chi connectivity index (χ2n) is 5.94. The molecule has 0 aromatic carbocycles. The zero-order valence-corrected chi connectivity index (χ0v) is 12.8. The molecule has 106 valence electrons. The number of nitrogens with zero attached hydrogens (tertiary/aromatic N) is 3. The first-order valence-electron chi connectivity index (χ1n) is 7.54. The van der Waals surface area contributed by atoms with E-state index in [0.29, 0.717) is 12.0 Å². The lowest BCUT2D eigenvalue weighted by molar-refractivity contribution is 0.259. The Morgan fingerprint density at radius 1 is 1.42 bits per heavy atom. The quantitative estimate of drug-likeness (QED) is 0.812. The average Bonchev–Trinajstić information content (AvgIpc) is 2.89. The third kappa shape index (κ3) is 3.47. The lowest BCUT2D eigenvalue weighted by Crippen LogP contribution is -2.35. The smallest absolute Gasteiger partial charge is 0.128 e. The summed E-state index contributed by atoms with van der Waals surface area (Å²) in [4.78, 5) is 9.73. The second-order valence-corrected chi connectivity index (χ2v) is 5.94. The molecule has 1 unspecified atom stereocenters. The number of hydrogen-bond donors (Lipinski definition) is 0. The number of aromatic nitrogens is 1. The molecular weight excluding hydrogens is 234 g/mol. The van der Waals surface area contributed by atoms with E-state index >= 15 is 0 Å². The van der Waals surface area contributed by atoms with E-state index in [1.54, 1.807) is 0 Å². The second kappa shape index (κ2) is 6.38. The molecule has 0 N–H and O–H groups in total. The minimum Gasteiger partial charge on any atom is -0.355 e. The maximum atomic E-state index is 4.80. The highest BCUT2D eigenvalue weighted by Crippen LogP contribution is 2.22. The van der Waals surface area contributed by atoms with Crippen molar-refractivity contribution in [3.63, 3.8) is 0 Å². The van der Waals surface area contributed by atoms with Gasteiger partial charge in [0.15, 0.2) is 0 Å². The predicted octanol–water partition coefficient (Wildman–Crippen LogP) is 3.13. The summed E-state index contributed by atoms with van der Waals surface area (Å²) in [5.41, 5.74) is 1.20. The summed E-state index contributed by atoms with van der Waals surface area (Å²) in [6.07, 6.45) is 2.48. The molecule has 1 saturated heterocycles. The van der Waals surface area contributed by atoms with Gasteiger partial charge < -0.3 is 9.80 Å². The molecule has 0 saturated carbocycles. The van der Waals surface area contributed by atoms with Crippen LogP contribution in [0.4, 0.5) is 5.82 Å². The van der Waals surface area contributed by atoms with Crippen molar-refractivity contribution in [1.29, 1.82) is 0 Å². The van der Waals surface area contributed by atoms with Crippen LogP contribution in [0.25, 0.3) is 0 Å². The van der Waals surface area contributed by atoms with Crippen LogP contribution in [-0.2, 0) is 0 Å². The van der Waals surface area contributed by atoms with Crippen LogP contribution in [0.5, 0.6) is 0 Å². The number of anilines is 1. The fourth-order valence-corrected chi connectivity index (χ4v) is 2.78. The van der Waals surface area contributed by atoms with Crippen LogP contribution in [0.1, 0.15) is 45.2 Å². The molecule has 0 amide bonds. The highest BCUT2D eigenvalue weighted by Gasteiger charge is 2.26. The SMILES string of the molecule is CCCN(C)C1CCN(c2cccc(C(C)C)n2)C1. The minimum absolute atomic E-state index is 0.501. The normalized spacial score (nSPS) is 19.7. The molecule has 3 heteroatoms.